The molecule has 33 heavy (non-hydrogen) atoms. The minimum Gasteiger partial charge on any atom is -0.352 e. The van der Waals surface area contributed by atoms with Crippen molar-refractivity contribution in [1.29, 1.82) is 0 Å². The van der Waals surface area contributed by atoms with Gasteiger partial charge in [0.15, 0.2) is 0 Å². The molecule has 0 aromatic heterocycles. The van der Waals surface area contributed by atoms with E-state index in [0.29, 0.717) is 49.3 Å². The highest BCUT2D eigenvalue weighted by Crippen LogP contribution is 2.23. The highest BCUT2D eigenvalue weighted by Gasteiger charge is 2.28. The molecule has 6 nitrogen and oxygen atoms in total. The van der Waals surface area contributed by atoms with Crippen LogP contribution in [0.1, 0.15) is 39.1 Å². The Kier molecular flexibility index (Phi) is 7.15. The van der Waals surface area contributed by atoms with Crippen molar-refractivity contribution < 1.29 is 14.4 Å². The molecule has 1 heterocycles. The lowest BCUT2D eigenvalue weighted by molar-refractivity contribution is -0.126. The van der Waals surface area contributed by atoms with Crippen LogP contribution in [0.15, 0.2) is 84.9 Å². The zero-order chi connectivity index (χ0) is 23.0. The maximum absolute atomic E-state index is 13.2. The fourth-order valence-electron chi connectivity index (χ4n) is 4.01. The molecule has 6 heteroatoms. The largest absolute Gasteiger partial charge is 0.352 e. The third-order valence-corrected chi connectivity index (χ3v) is 5.90. The highest BCUT2D eigenvalue weighted by atomic mass is 16.2. The summed E-state index contributed by atoms with van der Waals surface area (Å²) in [5.74, 6) is -0.473. The van der Waals surface area contributed by atoms with Crippen LogP contribution in [-0.4, -0.2) is 35.7 Å². The second-order valence-electron chi connectivity index (χ2n) is 8.14. The first kappa shape index (κ1) is 22.3. The van der Waals surface area contributed by atoms with Crippen molar-refractivity contribution >= 4 is 23.4 Å². The maximum Gasteiger partial charge on any atom is 0.255 e. The molecule has 3 aromatic carbocycles. The number of hydrogen-bond acceptors (Lipinski definition) is 3. The summed E-state index contributed by atoms with van der Waals surface area (Å²) in [6.07, 6.45) is 1.23. The van der Waals surface area contributed by atoms with Gasteiger partial charge in [-0.05, 0) is 42.7 Å². The first-order valence-electron chi connectivity index (χ1n) is 11.2. The number of piperidine rings is 1. The topological polar surface area (TPSA) is 78.5 Å². The molecule has 1 aliphatic rings. The predicted molar refractivity (Wildman–Crippen MR) is 128 cm³/mol. The van der Waals surface area contributed by atoms with Gasteiger partial charge in [-0.2, -0.15) is 0 Å². The molecule has 0 saturated carbocycles. The molecule has 0 bridgehead atoms. The van der Waals surface area contributed by atoms with Crippen molar-refractivity contribution in [2.24, 2.45) is 5.92 Å². The van der Waals surface area contributed by atoms with E-state index in [1.807, 2.05) is 36.4 Å². The van der Waals surface area contributed by atoms with Crippen molar-refractivity contribution in [3.8, 4) is 0 Å². The number of carbonyl (C=O) groups is 3. The van der Waals surface area contributed by atoms with Crippen LogP contribution >= 0.6 is 0 Å². The van der Waals surface area contributed by atoms with Gasteiger partial charge in [0.05, 0.1) is 11.3 Å². The molecule has 0 aliphatic carbocycles. The van der Waals surface area contributed by atoms with Gasteiger partial charge < -0.3 is 15.5 Å². The molecule has 0 atom stereocenters. The summed E-state index contributed by atoms with van der Waals surface area (Å²) >= 11 is 0. The Balaban J connectivity index is 1.34. The number of nitrogens with zero attached hydrogens (tertiary/aromatic N) is 1. The highest BCUT2D eigenvalue weighted by molar-refractivity contribution is 6.09. The summed E-state index contributed by atoms with van der Waals surface area (Å²) in [5, 5.41) is 5.86. The molecular weight excluding hydrogens is 414 g/mol. The lowest BCUT2D eigenvalue weighted by Crippen LogP contribution is -2.43. The fraction of sp³-hybridized carbons (Fsp3) is 0.222. The summed E-state index contributed by atoms with van der Waals surface area (Å²) in [4.78, 5) is 40.1. The third kappa shape index (κ3) is 5.66. The standard InChI is InChI=1S/C27H27N3O3/c31-25(28-19-20-9-3-1-4-10-20)22-15-17-30(18-16-22)27(33)23-13-7-8-14-24(23)29-26(32)21-11-5-2-6-12-21/h1-14,22H,15-19H2,(H,28,31)(H,29,32). The molecule has 3 aromatic rings. The first-order valence-corrected chi connectivity index (χ1v) is 11.2. The van der Waals surface area contributed by atoms with Gasteiger partial charge in [0.25, 0.3) is 11.8 Å². The Morgan fingerprint density at radius 3 is 2.09 bits per heavy atom. The van der Waals surface area contributed by atoms with E-state index in [0.717, 1.165) is 5.56 Å². The molecule has 0 radical (unpaired) electrons. The molecular formula is C27H27N3O3. The van der Waals surface area contributed by atoms with E-state index < -0.39 is 0 Å². The monoisotopic (exact) mass is 441 g/mol. The number of para-hydroxylation sites is 1. The van der Waals surface area contributed by atoms with E-state index in [1.54, 1.807) is 53.4 Å². The van der Waals surface area contributed by atoms with Gasteiger partial charge in [-0.1, -0.05) is 60.7 Å². The zero-order valence-electron chi connectivity index (χ0n) is 18.4. The first-order chi connectivity index (χ1) is 16.1. The van der Waals surface area contributed by atoms with Crippen LogP contribution in [0.25, 0.3) is 0 Å². The van der Waals surface area contributed by atoms with Crippen LogP contribution < -0.4 is 10.6 Å². The number of anilines is 1. The molecule has 1 saturated heterocycles. The Bertz CT molecular complexity index is 1110. The van der Waals surface area contributed by atoms with E-state index in [1.165, 1.54) is 0 Å². The average molecular weight is 442 g/mol. The molecule has 1 fully saturated rings. The smallest absolute Gasteiger partial charge is 0.255 e. The van der Waals surface area contributed by atoms with Gasteiger partial charge in [0, 0.05) is 31.1 Å². The number of benzene rings is 3. The van der Waals surface area contributed by atoms with Crippen LogP contribution in [-0.2, 0) is 11.3 Å². The Hall–Kier alpha value is -3.93. The molecule has 0 spiro atoms. The third-order valence-electron chi connectivity index (χ3n) is 5.90. The van der Waals surface area contributed by atoms with E-state index >= 15 is 0 Å². The molecule has 3 amide bonds. The number of likely N-dealkylation sites (tertiary alicyclic amines) is 1. The van der Waals surface area contributed by atoms with Crippen LogP contribution in [0.5, 0.6) is 0 Å². The van der Waals surface area contributed by atoms with Crippen molar-refractivity contribution in [2.75, 3.05) is 18.4 Å². The predicted octanol–water partition coefficient (Wildman–Crippen LogP) is 4.11. The Morgan fingerprint density at radius 1 is 0.788 bits per heavy atom. The number of hydrogen-bond donors (Lipinski definition) is 2. The number of carbonyl (C=O) groups excluding carboxylic acids is 3. The Morgan fingerprint density at radius 2 is 1.39 bits per heavy atom. The summed E-state index contributed by atoms with van der Waals surface area (Å²) in [6.45, 7) is 1.51. The van der Waals surface area contributed by atoms with E-state index in [-0.39, 0.29) is 23.6 Å². The van der Waals surface area contributed by atoms with E-state index in [9.17, 15) is 14.4 Å². The minimum absolute atomic E-state index is 0.0291. The van der Waals surface area contributed by atoms with Crippen LogP contribution in [0.2, 0.25) is 0 Å². The molecule has 2 N–H and O–H groups in total. The molecule has 1 aliphatic heterocycles. The van der Waals surface area contributed by atoms with Gasteiger partial charge in [-0.3, -0.25) is 14.4 Å². The van der Waals surface area contributed by atoms with Gasteiger partial charge in [0.2, 0.25) is 5.91 Å². The molecule has 4 rings (SSSR count). The number of amides is 3. The second kappa shape index (κ2) is 10.6. The van der Waals surface area contributed by atoms with Gasteiger partial charge in [0.1, 0.15) is 0 Å². The van der Waals surface area contributed by atoms with Gasteiger partial charge >= 0.3 is 0 Å². The van der Waals surface area contributed by atoms with Crippen molar-refractivity contribution in [3.63, 3.8) is 0 Å². The maximum atomic E-state index is 13.2. The van der Waals surface area contributed by atoms with Crippen LogP contribution in [0.4, 0.5) is 5.69 Å². The lowest BCUT2D eigenvalue weighted by atomic mass is 9.95. The fourth-order valence-corrected chi connectivity index (χ4v) is 4.01. The summed E-state index contributed by atoms with van der Waals surface area (Å²) in [5.41, 5.74) is 2.53. The SMILES string of the molecule is O=C(Nc1ccccc1C(=O)N1CCC(C(=O)NCc2ccccc2)CC1)c1ccccc1. The van der Waals surface area contributed by atoms with E-state index in [4.69, 9.17) is 0 Å². The summed E-state index contributed by atoms with van der Waals surface area (Å²) in [7, 11) is 0. The second-order valence-corrected chi connectivity index (χ2v) is 8.14. The zero-order valence-corrected chi connectivity index (χ0v) is 18.4. The lowest BCUT2D eigenvalue weighted by Gasteiger charge is -2.32. The van der Waals surface area contributed by atoms with E-state index in [2.05, 4.69) is 10.6 Å². The average Bonchev–Trinajstić information content (AvgIpc) is 2.88. The summed E-state index contributed by atoms with van der Waals surface area (Å²) in [6, 6.07) is 25.8. The summed E-state index contributed by atoms with van der Waals surface area (Å²) < 4.78 is 0. The molecule has 0 unspecified atom stereocenters. The normalized spacial score (nSPS) is 13.9. The minimum atomic E-state index is -0.260. The quantitative estimate of drug-likeness (QED) is 0.604. The number of nitrogens with one attached hydrogen (secondary N) is 2. The van der Waals surface area contributed by atoms with Crippen molar-refractivity contribution in [2.45, 2.75) is 19.4 Å². The van der Waals surface area contributed by atoms with Gasteiger partial charge in [-0.25, -0.2) is 0 Å². The van der Waals surface area contributed by atoms with Crippen molar-refractivity contribution in [3.05, 3.63) is 102 Å². The van der Waals surface area contributed by atoms with Crippen LogP contribution in [0.3, 0.4) is 0 Å². The number of rotatable bonds is 6. The molecule has 168 valence electrons. The Labute approximate surface area is 193 Å². The van der Waals surface area contributed by atoms with Gasteiger partial charge in [-0.15, -0.1) is 0 Å². The van der Waals surface area contributed by atoms with Crippen molar-refractivity contribution in [1.82, 2.24) is 10.2 Å². The van der Waals surface area contributed by atoms with Crippen LogP contribution in [0, 0.1) is 5.92 Å².